The van der Waals surface area contributed by atoms with Crippen LogP contribution in [0.1, 0.15) is 47.7 Å². The molecule has 3 aromatic rings. The minimum atomic E-state index is -0.934. The van der Waals surface area contributed by atoms with Gasteiger partial charge in [0.25, 0.3) is 0 Å². The molecule has 4 rings (SSSR count). The van der Waals surface area contributed by atoms with E-state index in [1.165, 1.54) is 0 Å². The Morgan fingerprint density at radius 1 is 0.941 bits per heavy atom. The first-order valence-corrected chi connectivity index (χ1v) is 11.4. The average Bonchev–Trinajstić information content (AvgIpc) is 2.81. The van der Waals surface area contributed by atoms with E-state index in [4.69, 9.17) is 0 Å². The van der Waals surface area contributed by atoms with Crippen molar-refractivity contribution < 1.29 is 19.5 Å². The Hall–Kier alpha value is -3.93. The van der Waals surface area contributed by atoms with Crippen LogP contribution in [0.3, 0.4) is 0 Å². The monoisotopic (exact) mass is 456 g/mol. The molecule has 6 heteroatoms. The summed E-state index contributed by atoms with van der Waals surface area (Å²) < 4.78 is 0. The van der Waals surface area contributed by atoms with E-state index in [2.05, 4.69) is 10.6 Å². The lowest BCUT2D eigenvalue weighted by Gasteiger charge is -2.35. The molecule has 1 unspecified atom stereocenters. The number of carbonyl (C=O) groups is 3. The van der Waals surface area contributed by atoms with Crippen molar-refractivity contribution in [2.75, 3.05) is 10.6 Å². The number of aryl methyl sites for hydroxylation is 2. The molecule has 0 heterocycles. The molecule has 0 spiro atoms. The number of fused-ring (bicyclic) bond motifs is 1. The van der Waals surface area contributed by atoms with Crippen molar-refractivity contribution in [1.82, 2.24) is 0 Å². The van der Waals surface area contributed by atoms with Crippen LogP contribution in [0.2, 0.25) is 0 Å². The summed E-state index contributed by atoms with van der Waals surface area (Å²) in [4.78, 5) is 36.8. The molecule has 3 aromatic carbocycles. The van der Waals surface area contributed by atoms with Crippen LogP contribution >= 0.6 is 0 Å². The van der Waals surface area contributed by atoms with Gasteiger partial charge >= 0.3 is 12.0 Å². The number of hydrogen-bond acceptors (Lipinski definition) is 3. The zero-order chi connectivity index (χ0) is 24.3. The summed E-state index contributed by atoms with van der Waals surface area (Å²) >= 11 is 0. The molecule has 3 N–H and O–H groups in total. The van der Waals surface area contributed by atoms with Gasteiger partial charge < -0.3 is 15.7 Å². The Balaban J connectivity index is 1.47. The van der Waals surface area contributed by atoms with Crippen LogP contribution in [0.4, 0.5) is 16.2 Å². The van der Waals surface area contributed by atoms with Crippen LogP contribution in [0, 0.1) is 12.3 Å². The highest BCUT2D eigenvalue weighted by atomic mass is 16.4. The Morgan fingerprint density at radius 2 is 1.65 bits per heavy atom. The summed E-state index contributed by atoms with van der Waals surface area (Å²) in [5.74, 6) is -0.999. The molecule has 0 saturated carbocycles. The van der Waals surface area contributed by atoms with Gasteiger partial charge in [0.05, 0.1) is 6.42 Å². The summed E-state index contributed by atoms with van der Waals surface area (Å²) in [5, 5.41) is 15.0. The number of nitrogens with one attached hydrogen (secondary N) is 2. The first kappa shape index (κ1) is 23.2. The van der Waals surface area contributed by atoms with E-state index in [1.54, 1.807) is 0 Å². The fourth-order valence-electron chi connectivity index (χ4n) is 4.66. The Labute approximate surface area is 199 Å². The largest absolute Gasteiger partial charge is 0.481 e. The smallest absolute Gasteiger partial charge is 0.323 e. The average molecular weight is 457 g/mol. The number of carboxylic acids is 1. The van der Waals surface area contributed by atoms with Gasteiger partial charge in [-0.25, -0.2) is 4.79 Å². The minimum absolute atomic E-state index is 0.0654. The van der Waals surface area contributed by atoms with E-state index in [9.17, 15) is 19.5 Å². The molecular formula is C28H28N2O4. The molecule has 2 amide bonds. The molecule has 1 aliphatic rings. The fraction of sp³-hybridized carbons (Fsp3) is 0.250. The molecule has 1 atom stereocenters. The molecular weight excluding hydrogens is 428 g/mol. The van der Waals surface area contributed by atoms with E-state index in [1.807, 2.05) is 80.6 Å². The van der Waals surface area contributed by atoms with Crippen molar-refractivity contribution in [2.24, 2.45) is 5.41 Å². The number of hydrogen-bond donors (Lipinski definition) is 3. The molecule has 0 fully saturated rings. The number of anilines is 2. The third kappa shape index (κ3) is 4.86. The van der Waals surface area contributed by atoms with E-state index < -0.39 is 11.4 Å². The van der Waals surface area contributed by atoms with Crippen LogP contribution in [0.15, 0.2) is 66.7 Å². The molecule has 0 aliphatic heterocycles. The molecule has 0 aromatic heterocycles. The Kier molecular flexibility index (Phi) is 6.50. The maximum absolute atomic E-state index is 13.1. The van der Waals surface area contributed by atoms with Crippen LogP contribution in [-0.4, -0.2) is 22.9 Å². The number of aliphatic carboxylic acids is 1. The van der Waals surface area contributed by atoms with Crippen molar-refractivity contribution in [3.63, 3.8) is 0 Å². The van der Waals surface area contributed by atoms with Crippen LogP contribution < -0.4 is 10.6 Å². The highest BCUT2D eigenvalue weighted by molar-refractivity contribution is 6.04. The van der Waals surface area contributed by atoms with E-state index >= 15 is 0 Å². The second-order valence-electron chi connectivity index (χ2n) is 8.93. The van der Waals surface area contributed by atoms with Gasteiger partial charge in [0, 0.05) is 22.4 Å². The van der Waals surface area contributed by atoms with Gasteiger partial charge in [-0.15, -0.1) is 0 Å². The van der Waals surface area contributed by atoms with Crippen LogP contribution in [0.25, 0.3) is 11.1 Å². The second kappa shape index (κ2) is 9.51. The van der Waals surface area contributed by atoms with Crippen LogP contribution in [0.5, 0.6) is 0 Å². The van der Waals surface area contributed by atoms with Crippen molar-refractivity contribution >= 4 is 29.2 Å². The SMILES string of the molecule is CCC1(CC(=O)O)CCc2cc(-c3ccc(NC(=O)Nc4cccc(C)c4)cc3)ccc2C1=O. The predicted octanol–water partition coefficient (Wildman–Crippen LogP) is 6.31. The van der Waals surface area contributed by atoms with E-state index in [0.29, 0.717) is 30.5 Å². The van der Waals surface area contributed by atoms with Gasteiger partial charge in [-0.05, 0) is 72.7 Å². The number of amides is 2. The van der Waals surface area contributed by atoms with Gasteiger partial charge in [0.1, 0.15) is 0 Å². The lowest BCUT2D eigenvalue weighted by atomic mass is 9.67. The molecule has 1 aliphatic carbocycles. The molecule has 6 nitrogen and oxygen atoms in total. The standard InChI is InChI=1S/C28H28N2O4/c1-3-28(17-25(31)32)14-13-21-16-20(9-12-24(21)26(28)33)19-7-10-22(11-8-19)29-27(34)30-23-6-4-5-18(2)15-23/h4-12,15-16H,3,13-14,17H2,1-2H3,(H,31,32)(H2,29,30,34). The van der Waals surface area contributed by atoms with Crippen molar-refractivity contribution in [2.45, 2.75) is 39.5 Å². The van der Waals surface area contributed by atoms with Crippen molar-refractivity contribution in [3.05, 3.63) is 83.4 Å². The first-order valence-electron chi connectivity index (χ1n) is 11.4. The van der Waals surface area contributed by atoms with E-state index in [-0.39, 0.29) is 18.2 Å². The van der Waals surface area contributed by atoms with Crippen LogP contribution in [-0.2, 0) is 11.2 Å². The lowest BCUT2D eigenvalue weighted by Crippen LogP contribution is -2.37. The normalized spacial score (nSPS) is 17.1. The summed E-state index contributed by atoms with van der Waals surface area (Å²) in [6.07, 6.45) is 1.61. The summed E-state index contributed by atoms with van der Waals surface area (Å²) in [6, 6.07) is 20.5. The zero-order valence-electron chi connectivity index (χ0n) is 19.4. The number of urea groups is 1. The fourth-order valence-corrected chi connectivity index (χ4v) is 4.66. The molecule has 0 bridgehead atoms. The highest BCUT2D eigenvalue weighted by Gasteiger charge is 2.42. The van der Waals surface area contributed by atoms with Gasteiger partial charge in [0.15, 0.2) is 5.78 Å². The number of Topliss-reactive ketones (excluding diaryl/α,β-unsaturated/α-hetero) is 1. The zero-order valence-corrected chi connectivity index (χ0v) is 19.4. The number of ketones is 1. The summed E-state index contributed by atoms with van der Waals surface area (Å²) in [6.45, 7) is 3.85. The quantitative estimate of drug-likeness (QED) is 0.405. The first-order chi connectivity index (χ1) is 16.3. The maximum Gasteiger partial charge on any atom is 0.323 e. The minimum Gasteiger partial charge on any atom is -0.481 e. The van der Waals surface area contributed by atoms with Crippen molar-refractivity contribution in [3.8, 4) is 11.1 Å². The van der Waals surface area contributed by atoms with Gasteiger partial charge in [-0.2, -0.15) is 0 Å². The summed E-state index contributed by atoms with van der Waals surface area (Å²) in [7, 11) is 0. The predicted molar refractivity (Wildman–Crippen MR) is 133 cm³/mol. The second-order valence-corrected chi connectivity index (χ2v) is 8.93. The maximum atomic E-state index is 13.1. The summed E-state index contributed by atoms with van der Waals surface area (Å²) in [5.41, 5.74) is 5.18. The number of benzene rings is 3. The van der Waals surface area contributed by atoms with Gasteiger partial charge in [-0.1, -0.05) is 49.4 Å². The lowest BCUT2D eigenvalue weighted by molar-refractivity contribution is -0.139. The highest BCUT2D eigenvalue weighted by Crippen LogP contribution is 2.42. The van der Waals surface area contributed by atoms with Gasteiger partial charge in [-0.3, -0.25) is 9.59 Å². The molecule has 0 saturated heterocycles. The number of rotatable bonds is 6. The molecule has 34 heavy (non-hydrogen) atoms. The topological polar surface area (TPSA) is 95.5 Å². The van der Waals surface area contributed by atoms with Crippen molar-refractivity contribution in [1.29, 1.82) is 0 Å². The third-order valence-corrected chi connectivity index (χ3v) is 6.62. The molecule has 0 radical (unpaired) electrons. The number of carbonyl (C=O) groups excluding carboxylic acids is 2. The molecule has 174 valence electrons. The van der Waals surface area contributed by atoms with E-state index in [0.717, 1.165) is 27.9 Å². The Morgan fingerprint density at radius 3 is 2.32 bits per heavy atom. The van der Waals surface area contributed by atoms with Gasteiger partial charge in [0.2, 0.25) is 0 Å². The Bertz CT molecular complexity index is 1250. The number of carboxylic acid groups (broad SMARTS) is 1. The third-order valence-electron chi connectivity index (χ3n) is 6.62.